The Morgan fingerprint density at radius 2 is 1.22 bits per heavy atom. The van der Waals surface area contributed by atoms with Crippen molar-refractivity contribution in [3.63, 3.8) is 0 Å². The summed E-state index contributed by atoms with van der Waals surface area (Å²) in [6.07, 6.45) is -9.39. The fourth-order valence-corrected chi connectivity index (χ4v) is 3.63. The molecule has 1 atom stereocenters. The molecule has 2 aliphatic rings. The lowest BCUT2D eigenvalue weighted by Crippen LogP contribution is -2.65. The van der Waals surface area contributed by atoms with Crippen molar-refractivity contribution in [2.45, 2.75) is 56.2 Å². The summed E-state index contributed by atoms with van der Waals surface area (Å²) >= 11 is 0. The van der Waals surface area contributed by atoms with Crippen LogP contribution in [0.4, 0.5) is 39.5 Å². The van der Waals surface area contributed by atoms with Gasteiger partial charge in [-0.3, -0.25) is 14.9 Å². The summed E-state index contributed by atoms with van der Waals surface area (Å²) in [5, 5.41) is 21.4. The lowest BCUT2D eigenvalue weighted by atomic mass is 9.84. The van der Waals surface area contributed by atoms with Crippen LogP contribution in [0, 0.1) is 0 Å². The largest absolute Gasteiger partial charge is 0.490 e. The third-order valence-corrected chi connectivity index (χ3v) is 5.50. The van der Waals surface area contributed by atoms with Crippen molar-refractivity contribution in [2.24, 2.45) is 0 Å². The van der Waals surface area contributed by atoms with E-state index in [1.807, 2.05) is 42.7 Å². The molecule has 2 aliphatic heterocycles. The Balaban J connectivity index is 0.000000396. The number of alkyl halides is 9. The number of likely N-dealkylation sites (tertiary alicyclic amines) is 1. The number of halogens is 9. The third-order valence-electron chi connectivity index (χ3n) is 5.50. The van der Waals surface area contributed by atoms with Gasteiger partial charge in [0.2, 0.25) is 0 Å². The lowest BCUT2D eigenvalue weighted by molar-refractivity contribution is -0.200. The normalized spacial score (nSPS) is 17.6. The summed E-state index contributed by atoms with van der Waals surface area (Å²) in [4.78, 5) is 37.8. The van der Waals surface area contributed by atoms with E-state index < -0.39 is 36.4 Å². The maximum absolute atomic E-state index is 10.6. The van der Waals surface area contributed by atoms with E-state index in [0.717, 1.165) is 50.5 Å². The van der Waals surface area contributed by atoms with Crippen molar-refractivity contribution >= 4 is 17.9 Å². The molecule has 4 rings (SSSR count). The van der Waals surface area contributed by atoms with Crippen LogP contribution in [0.3, 0.4) is 0 Å². The Morgan fingerprint density at radius 3 is 1.60 bits per heavy atom. The highest BCUT2D eigenvalue weighted by Crippen LogP contribution is 2.36. The molecule has 0 saturated carbocycles. The molecular weight excluding hydrogens is 641 g/mol. The van der Waals surface area contributed by atoms with Crippen LogP contribution in [0.5, 0.6) is 0 Å². The fourth-order valence-electron chi connectivity index (χ4n) is 3.63. The number of ether oxygens (including phenoxy) is 2. The summed E-state index contributed by atoms with van der Waals surface area (Å²) in [7, 11) is 0. The van der Waals surface area contributed by atoms with Crippen molar-refractivity contribution in [3.8, 4) is 0 Å². The number of nitrogens with zero attached hydrogens (tertiary/aromatic N) is 3. The average molecular weight is 667 g/mol. The topological polar surface area (TPSA) is 159 Å². The molecule has 1 unspecified atom stereocenters. The molecule has 45 heavy (non-hydrogen) atoms. The van der Waals surface area contributed by atoms with Crippen LogP contribution >= 0.6 is 0 Å². The fraction of sp³-hybridized carbons (Fsp3) is 0.480. The van der Waals surface area contributed by atoms with E-state index in [1.54, 1.807) is 0 Å². The molecule has 3 N–H and O–H groups in total. The number of hydrogen-bond donors (Lipinski definition) is 3. The molecule has 11 nitrogen and oxygen atoms in total. The number of carbonyl (C=O) groups is 3. The van der Waals surface area contributed by atoms with Gasteiger partial charge in [0.25, 0.3) is 0 Å². The molecule has 1 spiro atoms. The van der Waals surface area contributed by atoms with Gasteiger partial charge in [-0.15, -0.1) is 0 Å². The van der Waals surface area contributed by atoms with Crippen molar-refractivity contribution in [1.29, 1.82) is 0 Å². The predicted molar refractivity (Wildman–Crippen MR) is 131 cm³/mol. The molecule has 252 valence electrons. The quantitative estimate of drug-likeness (QED) is 0.390. The second kappa shape index (κ2) is 16.9. The Labute approximate surface area is 248 Å². The third kappa shape index (κ3) is 15.5. The minimum atomic E-state index is -5.08. The van der Waals surface area contributed by atoms with Gasteiger partial charge in [0.05, 0.1) is 29.7 Å². The standard InChI is InChI=1S/C19H23N3O2.3C2HF3O2/c1-3-8-20-16(5-1)12-22-14-19(15-22)11-18(7-10-24-19)23-13-17-6-2-4-9-21-17;3*3-2(4,5)1(6)7/h1-6,8-9,18H,7,10-15H2;3*(H,6,7). The zero-order chi connectivity index (χ0) is 34.5. The van der Waals surface area contributed by atoms with Gasteiger partial charge < -0.3 is 24.8 Å². The minimum Gasteiger partial charge on any atom is -0.475 e. The highest BCUT2D eigenvalue weighted by Gasteiger charge is 2.47. The molecule has 0 radical (unpaired) electrons. The van der Waals surface area contributed by atoms with Crippen molar-refractivity contribution < 1.29 is 78.7 Å². The average Bonchev–Trinajstić information content (AvgIpc) is 2.92. The molecule has 0 bridgehead atoms. The SMILES string of the molecule is O=C(O)C(F)(F)F.O=C(O)C(F)(F)F.O=C(O)C(F)(F)F.c1ccc(COC2CCOC3(C2)CN(Cc2ccccn2)C3)nc1. The van der Waals surface area contributed by atoms with Gasteiger partial charge in [0.1, 0.15) is 0 Å². The first-order valence-electron chi connectivity index (χ1n) is 12.3. The molecular formula is C25H26F9N3O8. The van der Waals surface area contributed by atoms with Crippen LogP contribution in [-0.2, 0) is 37.0 Å². The van der Waals surface area contributed by atoms with E-state index >= 15 is 0 Å². The molecule has 2 aromatic heterocycles. The summed E-state index contributed by atoms with van der Waals surface area (Å²) < 4.78 is 107. The summed E-state index contributed by atoms with van der Waals surface area (Å²) in [5.41, 5.74) is 2.08. The summed E-state index contributed by atoms with van der Waals surface area (Å²) in [6, 6.07) is 12.0. The van der Waals surface area contributed by atoms with Crippen molar-refractivity contribution in [1.82, 2.24) is 14.9 Å². The van der Waals surface area contributed by atoms with Crippen LogP contribution in [0.25, 0.3) is 0 Å². The lowest BCUT2D eigenvalue weighted by Gasteiger charge is -2.53. The Kier molecular flexibility index (Phi) is 14.6. The second-order valence-corrected chi connectivity index (χ2v) is 9.15. The summed E-state index contributed by atoms with van der Waals surface area (Å²) in [6.45, 7) is 4.19. The molecule has 2 saturated heterocycles. The number of hydrogen-bond acceptors (Lipinski definition) is 8. The van der Waals surface area contributed by atoms with Gasteiger partial charge in [-0.1, -0.05) is 12.1 Å². The highest BCUT2D eigenvalue weighted by molar-refractivity contribution is 5.73. The predicted octanol–water partition coefficient (Wildman–Crippen LogP) is 4.33. The number of aliphatic carboxylic acids is 3. The molecule has 4 heterocycles. The van der Waals surface area contributed by atoms with Crippen LogP contribution in [0.15, 0.2) is 48.8 Å². The second-order valence-electron chi connectivity index (χ2n) is 9.15. The molecule has 20 heteroatoms. The van der Waals surface area contributed by atoms with E-state index in [1.165, 1.54) is 0 Å². The van der Waals surface area contributed by atoms with Crippen molar-refractivity contribution in [2.75, 3.05) is 19.7 Å². The van der Waals surface area contributed by atoms with Gasteiger partial charge in [-0.05, 0) is 30.7 Å². The number of pyridine rings is 2. The first-order chi connectivity index (χ1) is 20.6. The number of carboxylic acid groups (broad SMARTS) is 3. The first kappa shape index (κ1) is 39.0. The van der Waals surface area contributed by atoms with E-state index in [4.69, 9.17) is 39.2 Å². The Bertz CT molecular complexity index is 1150. The van der Waals surface area contributed by atoms with Gasteiger partial charge in [0, 0.05) is 45.1 Å². The van der Waals surface area contributed by atoms with E-state index in [0.29, 0.717) is 6.61 Å². The van der Waals surface area contributed by atoms with Gasteiger partial charge >= 0.3 is 36.4 Å². The number of rotatable bonds is 5. The number of aromatic nitrogens is 2. The summed E-state index contributed by atoms with van der Waals surface area (Å²) in [5.74, 6) is -8.27. The van der Waals surface area contributed by atoms with E-state index in [2.05, 4.69) is 20.9 Å². The van der Waals surface area contributed by atoms with Gasteiger partial charge in [0.15, 0.2) is 0 Å². The smallest absolute Gasteiger partial charge is 0.475 e. The first-order valence-corrected chi connectivity index (χ1v) is 12.3. The molecule has 0 aromatic carbocycles. The number of carboxylic acids is 3. The highest BCUT2D eigenvalue weighted by atomic mass is 19.4. The molecule has 0 aliphatic carbocycles. The van der Waals surface area contributed by atoms with Crippen molar-refractivity contribution in [3.05, 3.63) is 60.2 Å². The maximum Gasteiger partial charge on any atom is 0.490 e. The van der Waals surface area contributed by atoms with Crippen LogP contribution in [0.2, 0.25) is 0 Å². The maximum atomic E-state index is 10.6. The van der Waals surface area contributed by atoms with Gasteiger partial charge in [-0.25, -0.2) is 14.4 Å². The van der Waals surface area contributed by atoms with Crippen LogP contribution < -0.4 is 0 Å². The van der Waals surface area contributed by atoms with Crippen LogP contribution in [-0.4, -0.2) is 98.0 Å². The zero-order valence-electron chi connectivity index (χ0n) is 22.8. The Hall–Kier alpha value is -4.04. The van der Waals surface area contributed by atoms with Crippen LogP contribution in [0.1, 0.15) is 24.2 Å². The van der Waals surface area contributed by atoms with E-state index in [-0.39, 0.29) is 11.7 Å². The zero-order valence-corrected chi connectivity index (χ0v) is 22.8. The van der Waals surface area contributed by atoms with E-state index in [9.17, 15) is 39.5 Å². The molecule has 0 amide bonds. The Morgan fingerprint density at radius 1 is 0.800 bits per heavy atom. The monoisotopic (exact) mass is 667 g/mol. The van der Waals surface area contributed by atoms with Gasteiger partial charge in [-0.2, -0.15) is 39.5 Å². The molecule has 2 fully saturated rings. The minimum absolute atomic E-state index is 0.0260. The molecule has 2 aromatic rings.